The number of fused-ring (bicyclic) bond motifs is 1. The molecule has 8 heteroatoms. The largest absolute Gasteiger partial charge is 0.479 e. The number of nitrogens with zero attached hydrogens (tertiary/aromatic N) is 2. The van der Waals surface area contributed by atoms with E-state index in [4.69, 9.17) is 4.74 Å². The van der Waals surface area contributed by atoms with E-state index in [1.165, 1.54) is 0 Å². The minimum atomic E-state index is -0.675. The van der Waals surface area contributed by atoms with Crippen molar-refractivity contribution in [3.8, 4) is 5.75 Å². The van der Waals surface area contributed by atoms with Crippen molar-refractivity contribution in [1.29, 1.82) is 0 Å². The van der Waals surface area contributed by atoms with Crippen LogP contribution in [0, 0.1) is 15.9 Å². The first kappa shape index (κ1) is 14.6. The van der Waals surface area contributed by atoms with Gasteiger partial charge in [-0.15, -0.1) is 0 Å². The van der Waals surface area contributed by atoms with Crippen molar-refractivity contribution in [1.82, 2.24) is 9.97 Å². The average molecular weight is 315 g/mol. The Bertz CT molecular complexity index is 955. The van der Waals surface area contributed by atoms with Gasteiger partial charge >= 0.3 is 5.69 Å². The van der Waals surface area contributed by atoms with Gasteiger partial charge in [0.05, 0.1) is 15.8 Å². The zero-order chi connectivity index (χ0) is 16.4. The van der Waals surface area contributed by atoms with Gasteiger partial charge in [0.2, 0.25) is 0 Å². The lowest BCUT2D eigenvalue weighted by Crippen LogP contribution is -2.13. The summed E-state index contributed by atoms with van der Waals surface area (Å²) in [4.78, 5) is 28.9. The van der Waals surface area contributed by atoms with Crippen LogP contribution in [0.3, 0.4) is 0 Å². The van der Waals surface area contributed by atoms with Gasteiger partial charge in [0.25, 0.3) is 5.56 Å². The van der Waals surface area contributed by atoms with Gasteiger partial charge in [-0.05, 0) is 18.2 Å². The second kappa shape index (κ2) is 5.84. The molecule has 0 bridgehead atoms. The van der Waals surface area contributed by atoms with Crippen LogP contribution in [-0.2, 0) is 6.61 Å². The standard InChI is InChI=1S/C15H10FN3O4/c16-9-5-6-12(19(21)22)13(7-9)23-8-14-17-11-4-2-1-3-10(11)15(20)18-14/h1-7H,8H2,(H,17,18,20). The van der Waals surface area contributed by atoms with E-state index in [1.807, 2.05) is 0 Å². The predicted molar refractivity (Wildman–Crippen MR) is 79.8 cm³/mol. The van der Waals surface area contributed by atoms with E-state index < -0.39 is 10.7 Å². The molecule has 0 aliphatic rings. The zero-order valence-electron chi connectivity index (χ0n) is 11.7. The lowest BCUT2D eigenvalue weighted by atomic mass is 10.2. The molecule has 2 aromatic carbocycles. The number of para-hydroxylation sites is 1. The van der Waals surface area contributed by atoms with Gasteiger partial charge in [-0.25, -0.2) is 9.37 Å². The lowest BCUT2D eigenvalue weighted by Gasteiger charge is -2.07. The minimum absolute atomic E-state index is 0.187. The second-order valence-corrected chi connectivity index (χ2v) is 4.69. The summed E-state index contributed by atoms with van der Waals surface area (Å²) < 4.78 is 18.5. The van der Waals surface area contributed by atoms with Gasteiger partial charge in [-0.2, -0.15) is 0 Å². The van der Waals surface area contributed by atoms with E-state index in [0.29, 0.717) is 10.9 Å². The molecule has 3 rings (SSSR count). The Morgan fingerprint density at radius 2 is 2.04 bits per heavy atom. The Kier molecular flexibility index (Phi) is 3.71. The fraction of sp³-hybridized carbons (Fsp3) is 0.0667. The van der Waals surface area contributed by atoms with Crippen molar-refractivity contribution in [2.75, 3.05) is 0 Å². The molecule has 3 aromatic rings. The molecule has 0 amide bonds. The number of nitro groups is 1. The maximum Gasteiger partial charge on any atom is 0.311 e. The van der Waals surface area contributed by atoms with E-state index in [1.54, 1.807) is 24.3 Å². The first-order valence-electron chi connectivity index (χ1n) is 6.59. The maximum absolute atomic E-state index is 13.2. The highest BCUT2D eigenvalue weighted by atomic mass is 19.1. The van der Waals surface area contributed by atoms with E-state index in [-0.39, 0.29) is 29.4 Å². The Balaban J connectivity index is 1.91. The van der Waals surface area contributed by atoms with Crippen molar-refractivity contribution in [3.05, 3.63) is 74.6 Å². The summed E-state index contributed by atoms with van der Waals surface area (Å²) in [6.45, 7) is -0.232. The molecule has 0 aliphatic heterocycles. The number of aromatic nitrogens is 2. The van der Waals surface area contributed by atoms with E-state index in [0.717, 1.165) is 18.2 Å². The highest BCUT2D eigenvalue weighted by Crippen LogP contribution is 2.27. The number of H-pyrrole nitrogens is 1. The van der Waals surface area contributed by atoms with Crippen molar-refractivity contribution < 1.29 is 14.1 Å². The van der Waals surface area contributed by atoms with Crippen molar-refractivity contribution in [2.45, 2.75) is 6.61 Å². The Labute approximate surface area is 128 Å². The number of benzene rings is 2. The third-order valence-electron chi connectivity index (χ3n) is 3.14. The summed E-state index contributed by atoms with van der Waals surface area (Å²) >= 11 is 0. The molecule has 0 atom stereocenters. The molecule has 0 fully saturated rings. The third kappa shape index (κ3) is 3.00. The van der Waals surface area contributed by atoms with Gasteiger partial charge in [0.1, 0.15) is 18.2 Å². The summed E-state index contributed by atoms with van der Waals surface area (Å²) in [5, 5.41) is 11.3. The van der Waals surface area contributed by atoms with E-state index in [9.17, 15) is 19.3 Å². The van der Waals surface area contributed by atoms with E-state index >= 15 is 0 Å². The highest BCUT2D eigenvalue weighted by Gasteiger charge is 2.16. The normalized spacial score (nSPS) is 10.7. The third-order valence-corrected chi connectivity index (χ3v) is 3.14. The van der Waals surface area contributed by atoms with Crippen LogP contribution in [-0.4, -0.2) is 14.9 Å². The molecule has 0 spiro atoms. The second-order valence-electron chi connectivity index (χ2n) is 4.69. The average Bonchev–Trinajstić information content (AvgIpc) is 2.53. The molecular weight excluding hydrogens is 305 g/mol. The number of hydrogen-bond acceptors (Lipinski definition) is 5. The first-order valence-corrected chi connectivity index (χ1v) is 6.59. The Morgan fingerprint density at radius 1 is 1.26 bits per heavy atom. The quantitative estimate of drug-likeness (QED) is 0.589. The number of halogens is 1. The number of nitro benzene ring substituents is 1. The van der Waals surface area contributed by atoms with Gasteiger partial charge in [-0.3, -0.25) is 14.9 Å². The smallest absolute Gasteiger partial charge is 0.311 e. The summed E-state index contributed by atoms with van der Waals surface area (Å²) in [6.07, 6.45) is 0. The van der Waals surface area contributed by atoms with Gasteiger partial charge in [0, 0.05) is 12.1 Å². The number of hydrogen-bond donors (Lipinski definition) is 1. The highest BCUT2D eigenvalue weighted by molar-refractivity contribution is 5.77. The van der Waals surface area contributed by atoms with Crippen LogP contribution in [0.4, 0.5) is 10.1 Å². The molecule has 0 saturated carbocycles. The van der Waals surface area contributed by atoms with Crippen molar-refractivity contribution in [2.24, 2.45) is 0 Å². The molecule has 0 aliphatic carbocycles. The van der Waals surface area contributed by atoms with Crippen LogP contribution >= 0.6 is 0 Å². The molecule has 0 unspecified atom stereocenters. The number of ether oxygens (including phenoxy) is 1. The molecule has 116 valence electrons. The summed E-state index contributed by atoms with van der Waals surface area (Å²) in [6, 6.07) is 9.64. The van der Waals surface area contributed by atoms with Gasteiger partial charge in [0.15, 0.2) is 5.75 Å². The fourth-order valence-corrected chi connectivity index (χ4v) is 2.10. The van der Waals surface area contributed by atoms with Crippen LogP contribution in [0.2, 0.25) is 0 Å². The molecule has 7 nitrogen and oxygen atoms in total. The van der Waals surface area contributed by atoms with E-state index in [2.05, 4.69) is 9.97 Å². The lowest BCUT2D eigenvalue weighted by molar-refractivity contribution is -0.386. The van der Waals surface area contributed by atoms with Crippen LogP contribution in [0.1, 0.15) is 5.82 Å². The van der Waals surface area contributed by atoms with Crippen LogP contribution in [0.15, 0.2) is 47.3 Å². The molecule has 0 radical (unpaired) electrons. The number of nitrogens with one attached hydrogen (secondary N) is 1. The molecule has 0 saturated heterocycles. The van der Waals surface area contributed by atoms with Crippen LogP contribution in [0.5, 0.6) is 5.75 Å². The summed E-state index contributed by atoms with van der Waals surface area (Å²) in [7, 11) is 0. The fourth-order valence-electron chi connectivity index (χ4n) is 2.10. The molecular formula is C15H10FN3O4. The maximum atomic E-state index is 13.2. The van der Waals surface area contributed by atoms with Crippen molar-refractivity contribution in [3.63, 3.8) is 0 Å². The van der Waals surface area contributed by atoms with Gasteiger partial charge in [-0.1, -0.05) is 12.1 Å². The Hall–Kier alpha value is -3.29. The summed E-state index contributed by atoms with van der Waals surface area (Å²) in [5.41, 5.74) is -0.235. The monoisotopic (exact) mass is 315 g/mol. The van der Waals surface area contributed by atoms with Crippen LogP contribution in [0.25, 0.3) is 10.9 Å². The minimum Gasteiger partial charge on any atom is -0.479 e. The first-order chi connectivity index (χ1) is 11.0. The molecule has 1 heterocycles. The van der Waals surface area contributed by atoms with Crippen LogP contribution < -0.4 is 10.3 Å². The number of aromatic amines is 1. The Morgan fingerprint density at radius 3 is 2.83 bits per heavy atom. The zero-order valence-corrected chi connectivity index (χ0v) is 11.7. The van der Waals surface area contributed by atoms with Crippen molar-refractivity contribution >= 4 is 16.6 Å². The SMILES string of the molecule is O=c1[nH]c(COc2cc(F)ccc2[N+](=O)[O-])nc2ccccc12. The number of rotatable bonds is 4. The predicted octanol–water partition coefficient (Wildman–Crippen LogP) is 2.55. The topological polar surface area (TPSA) is 98.1 Å². The molecule has 1 aromatic heterocycles. The summed E-state index contributed by atoms with van der Waals surface area (Å²) in [5.74, 6) is -0.705. The molecule has 1 N–H and O–H groups in total. The molecule has 23 heavy (non-hydrogen) atoms. The van der Waals surface area contributed by atoms with Gasteiger partial charge < -0.3 is 9.72 Å².